The normalized spacial score (nSPS) is 14.9. The van der Waals surface area contributed by atoms with Crippen molar-refractivity contribution in [2.24, 2.45) is 0 Å². The number of imide groups is 1. The third-order valence-electron chi connectivity index (χ3n) is 3.56. The van der Waals surface area contributed by atoms with Gasteiger partial charge < -0.3 is 0 Å². The Morgan fingerprint density at radius 3 is 1.90 bits per heavy atom. The summed E-state index contributed by atoms with van der Waals surface area (Å²) in [4.78, 5) is 24.5. The topological polar surface area (TPSA) is 37.4 Å². The molecule has 0 saturated carbocycles. The predicted octanol–water partition coefficient (Wildman–Crippen LogP) is 3.00. The molecule has 2 amide bonds. The van der Waals surface area contributed by atoms with Gasteiger partial charge in [-0.1, -0.05) is 54.6 Å². The average Bonchev–Trinajstić information content (AvgIpc) is 2.81. The number of rotatable bonds is 3. The third-order valence-corrected chi connectivity index (χ3v) is 3.56. The number of benzene rings is 2. The van der Waals surface area contributed by atoms with Crippen LogP contribution < -0.4 is 0 Å². The first kappa shape index (κ1) is 12.6. The monoisotopic (exact) mass is 265 g/mol. The Hall–Kier alpha value is -2.42. The minimum atomic E-state index is -0.0675. The van der Waals surface area contributed by atoms with Crippen LogP contribution in [0.3, 0.4) is 0 Å². The lowest BCUT2D eigenvalue weighted by Gasteiger charge is -2.14. The SMILES string of the molecule is O=C1CCC(=O)N1Cc1ccc(-c2ccccc2)cc1. The van der Waals surface area contributed by atoms with E-state index in [1.807, 2.05) is 42.5 Å². The molecule has 0 atom stereocenters. The van der Waals surface area contributed by atoms with Crippen molar-refractivity contribution < 1.29 is 9.59 Å². The summed E-state index contributed by atoms with van der Waals surface area (Å²) in [5.74, 6) is -0.135. The number of carbonyl (C=O) groups is 2. The van der Waals surface area contributed by atoms with Crippen LogP contribution in [0.25, 0.3) is 11.1 Å². The standard InChI is InChI=1S/C17H15NO2/c19-16-10-11-17(20)18(16)12-13-6-8-15(9-7-13)14-4-2-1-3-5-14/h1-9H,10-12H2. The second-order valence-corrected chi connectivity index (χ2v) is 4.94. The summed E-state index contributed by atoms with van der Waals surface area (Å²) < 4.78 is 0. The number of nitrogens with zero attached hydrogens (tertiary/aromatic N) is 1. The molecule has 1 aliphatic heterocycles. The molecule has 0 N–H and O–H groups in total. The summed E-state index contributed by atoms with van der Waals surface area (Å²) in [5.41, 5.74) is 3.27. The van der Waals surface area contributed by atoms with E-state index in [9.17, 15) is 9.59 Å². The molecule has 0 unspecified atom stereocenters. The lowest BCUT2D eigenvalue weighted by molar-refractivity contribution is -0.139. The molecule has 1 saturated heterocycles. The summed E-state index contributed by atoms with van der Waals surface area (Å²) in [6.45, 7) is 0.382. The molecule has 3 nitrogen and oxygen atoms in total. The zero-order valence-corrected chi connectivity index (χ0v) is 11.1. The Labute approximate surface area is 117 Å². The highest BCUT2D eigenvalue weighted by Gasteiger charge is 2.28. The van der Waals surface area contributed by atoms with E-state index in [4.69, 9.17) is 0 Å². The van der Waals surface area contributed by atoms with Gasteiger partial charge in [0.25, 0.3) is 0 Å². The van der Waals surface area contributed by atoms with Gasteiger partial charge in [0.05, 0.1) is 6.54 Å². The second kappa shape index (κ2) is 5.29. The summed E-state index contributed by atoms with van der Waals surface area (Å²) in [5, 5.41) is 0. The van der Waals surface area contributed by atoms with E-state index in [1.165, 1.54) is 4.90 Å². The third kappa shape index (κ3) is 2.48. The maximum atomic E-state index is 11.6. The number of hydrogen-bond donors (Lipinski definition) is 0. The van der Waals surface area contributed by atoms with Crippen LogP contribution in [0.1, 0.15) is 18.4 Å². The molecule has 1 aliphatic rings. The van der Waals surface area contributed by atoms with Crippen molar-refractivity contribution in [1.29, 1.82) is 0 Å². The van der Waals surface area contributed by atoms with Gasteiger partial charge in [0.2, 0.25) is 11.8 Å². The van der Waals surface area contributed by atoms with E-state index in [0.717, 1.165) is 16.7 Å². The van der Waals surface area contributed by atoms with Crippen LogP contribution in [-0.4, -0.2) is 16.7 Å². The van der Waals surface area contributed by atoms with Crippen molar-refractivity contribution in [2.45, 2.75) is 19.4 Å². The van der Waals surface area contributed by atoms with Crippen molar-refractivity contribution in [1.82, 2.24) is 4.90 Å². The minimum Gasteiger partial charge on any atom is -0.278 e. The van der Waals surface area contributed by atoms with Crippen molar-refractivity contribution in [3.05, 3.63) is 60.2 Å². The zero-order valence-electron chi connectivity index (χ0n) is 11.1. The highest BCUT2D eigenvalue weighted by atomic mass is 16.2. The number of carbonyl (C=O) groups excluding carboxylic acids is 2. The summed E-state index contributed by atoms with van der Waals surface area (Å²) in [7, 11) is 0. The molecule has 0 aliphatic carbocycles. The lowest BCUT2D eigenvalue weighted by atomic mass is 10.0. The van der Waals surface area contributed by atoms with E-state index in [0.29, 0.717) is 19.4 Å². The van der Waals surface area contributed by atoms with E-state index < -0.39 is 0 Å². The van der Waals surface area contributed by atoms with Crippen LogP contribution in [0.15, 0.2) is 54.6 Å². The van der Waals surface area contributed by atoms with Gasteiger partial charge in [-0.3, -0.25) is 14.5 Å². The highest BCUT2D eigenvalue weighted by molar-refractivity contribution is 6.01. The lowest BCUT2D eigenvalue weighted by Crippen LogP contribution is -2.28. The fourth-order valence-electron chi connectivity index (χ4n) is 2.42. The van der Waals surface area contributed by atoms with Crippen LogP contribution >= 0.6 is 0 Å². The maximum Gasteiger partial charge on any atom is 0.229 e. The van der Waals surface area contributed by atoms with Gasteiger partial charge in [0.1, 0.15) is 0 Å². The number of likely N-dealkylation sites (tertiary alicyclic amines) is 1. The summed E-state index contributed by atoms with van der Waals surface area (Å²) >= 11 is 0. The van der Waals surface area contributed by atoms with Gasteiger partial charge in [-0.25, -0.2) is 0 Å². The van der Waals surface area contributed by atoms with Crippen molar-refractivity contribution in [2.75, 3.05) is 0 Å². The first-order valence-corrected chi connectivity index (χ1v) is 6.71. The van der Waals surface area contributed by atoms with Gasteiger partial charge in [-0.05, 0) is 16.7 Å². The Bertz CT molecular complexity index is 616. The van der Waals surface area contributed by atoms with E-state index >= 15 is 0 Å². The quantitative estimate of drug-likeness (QED) is 0.800. The highest BCUT2D eigenvalue weighted by Crippen LogP contribution is 2.21. The summed E-state index contributed by atoms with van der Waals surface area (Å²) in [6.07, 6.45) is 0.696. The van der Waals surface area contributed by atoms with Crippen LogP contribution in [0.2, 0.25) is 0 Å². The minimum absolute atomic E-state index is 0.0675. The Balaban J connectivity index is 1.77. The largest absolute Gasteiger partial charge is 0.278 e. The van der Waals surface area contributed by atoms with E-state index in [1.54, 1.807) is 0 Å². The van der Waals surface area contributed by atoms with Gasteiger partial charge in [0, 0.05) is 12.8 Å². The molecule has 100 valence electrons. The first-order chi connectivity index (χ1) is 9.74. The van der Waals surface area contributed by atoms with E-state index in [2.05, 4.69) is 12.1 Å². The fraction of sp³-hybridized carbons (Fsp3) is 0.176. The smallest absolute Gasteiger partial charge is 0.229 e. The molecule has 20 heavy (non-hydrogen) atoms. The van der Waals surface area contributed by atoms with Crippen molar-refractivity contribution in [3.8, 4) is 11.1 Å². The van der Waals surface area contributed by atoms with Gasteiger partial charge >= 0.3 is 0 Å². The molecular weight excluding hydrogens is 250 g/mol. The fourth-order valence-corrected chi connectivity index (χ4v) is 2.42. The molecule has 1 heterocycles. The molecule has 1 fully saturated rings. The van der Waals surface area contributed by atoms with Crippen LogP contribution in [0, 0.1) is 0 Å². The Kier molecular flexibility index (Phi) is 3.33. The molecular formula is C17H15NO2. The molecule has 0 spiro atoms. The van der Waals surface area contributed by atoms with Crippen LogP contribution in [0.5, 0.6) is 0 Å². The molecule has 3 rings (SSSR count). The molecule has 3 heteroatoms. The Morgan fingerprint density at radius 2 is 1.30 bits per heavy atom. The zero-order chi connectivity index (χ0) is 13.9. The molecule has 0 radical (unpaired) electrons. The molecule has 0 aromatic heterocycles. The van der Waals surface area contributed by atoms with Crippen LogP contribution in [0.4, 0.5) is 0 Å². The number of hydrogen-bond acceptors (Lipinski definition) is 2. The second-order valence-electron chi connectivity index (χ2n) is 4.94. The van der Waals surface area contributed by atoms with E-state index in [-0.39, 0.29) is 11.8 Å². The van der Waals surface area contributed by atoms with Gasteiger partial charge in [-0.15, -0.1) is 0 Å². The molecule has 2 aromatic carbocycles. The molecule has 2 aromatic rings. The van der Waals surface area contributed by atoms with Crippen LogP contribution in [-0.2, 0) is 16.1 Å². The van der Waals surface area contributed by atoms with Crippen molar-refractivity contribution >= 4 is 11.8 Å². The predicted molar refractivity (Wildman–Crippen MR) is 76.7 cm³/mol. The molecule has 0 bridgehead atoms. The van der Waals surface area contributed by atoms with Crippen molar-refractivity contribution in [3.63, 3.8) is 0 Å². The maximum absolute atomic E-state index is 11.6. The summed E-state index contributed by atoms with van der Waals surface area (Å²) in [6, 6.07) is 18.1. The first-order valence-electron chi connectivity index (χ1n) is 6.71. The Morgan fingerprint density at radius 1 is 0.750 bits per heavy atom. The average molecular weight is 265 g/mol. The van der Waals surface area contributed by atoms with Gasteiger partial charge in [0.15, 0.2) is 0 Å². The number of amides is 2. The van der Waals surface area contributed by atoms with Gasteiger partial charge in [-0.2, -0.15) is 0 Å².